The second-order valence-electron chi connectivity index (χ2n) is 12.4. The van der Waals surface area contributed by atoms with Crippen molar-refractivity contribution >= 4 is 64.0 Å². The van der Waals surface area contributed by atoms with Crippen molar-refractivity contribution < 1.29 is 0 Å². The molecule has 3 nitrogen and oxygen atoms in total. The van der Waals surface area contributed by atoms with Crippen LogP contribution in [0.15, 0.2) is 164 Å². The normalized spacial score (nSPS) is 11.7. The summed E-state index contributed by atoms with van der Waals surface area (Å²) in [7, 11) is 0. The van der Waals surface area contributed by atoms with Crippen LogP contribution >= 0.6 is 11.3 Å². The van der Waals surface area contributed by atoms with Crippen molar-refractivity contribution in [3.63, 3.8) is 0 Å². The van der Waals surface area contributed by atoms with Crippen molar-refractivity contribution in [1.82, 2.24) is 15.0 Å². The van der Waals surface area contributed by atoms with Gasteiger partial charge in [-0.15, -0.1) is 11.3 Å². The molecule has 0 spiro atoms. The van der Waals surface area contributed by atoms with Gasteiger partial charge in [0.05, 0.1) is 22.6 Å². The zero-order valence-corrected chi connectivity index (χ0v) is 27.2. The Bertz CT molecular complexity index is 2820. The molecule has 0 atom stereocenters. The van der Waals surface area contributed by atoms with Crippen LogP contribution in [0.2, 0.25) is 0 Å². The van der Waals surface area contributed by atoms with E-state index in [-0.39, 0.29) is 0 Å². The molecule has 0 aliphatic carbocycles. The van der Waals surface area contributed by atoms with Gasteiger partial charge in [-0.2, -0.15) is 0 Å². The Morgan fingerprint density at radius 1 is 0.408 bits per heavy atom. The van der Waals surface area contributed by atoms with Crippen LogP contribution in [0, 0.1) is 0 Å². The van der Waals surface area contributed by atoms with E-state index in [1.807, 2.05) is 23.5 Å². The molecular formula is C45H27N3S. The summed E-state index contributed by atoms with van der Waals surface area (Å²) < 4.78 is 2.47. The van der Waals surface area contributed by atoms with E-state index < -0.39 is 0 Å². The van der Waals surface area contributed by atoms with Crippen LogP contribution in [0.25, 0.3) is 97.8 Å². The van der Waals surface area contributed by atoms with Gasteiger partial charge in [-0.05, 0) is 57.9 Å². The molecule has 0 radical (unpaired) electrons. The van der Waals surface area contributed by atoms with Crippen molar-refractivity contribution in [1.29, 1.82) is 0 Å². The average molecular weight is 642 g/mol. The molecule has 0 N–H and O–H groups in total. The van der Waals surface area contributed by atoms with Crippen molar-refractivity contribution in [2.24, 2.45) is 0 Å². The van der Waals surface area contributed by atoms with Crippen LogP contribution in [0.3, 0.4) is 0 Å². The molecule has 0 saturated heterocycles. The van der Waals surface area contributed by atoms with Gasteiger partial charge < -0.3 is 0 Å². The third kappa shape index (κ3) is 4.61. The number of hydrogen-bond acceptors (Lipinski definition) is 4. The Morgan fingerprint density at radius 3 is 1.76 bits per heavy atom. The van der Waals surface area contributed by atoms with Crippen LogP contribution < -0.4 is 0 Å². The van der Waals surface area contributed by atoms with Crippen LogP contribution in [0.5, 0.6) is 0 Å². The lowest BCUT2D eigenvalue weighted by Gasteiger charge is -2.14. The largest absolute Gasteiger partial charge is 0.247 e. The van der Waals surface area contributed by atoms with Crippen molar-refractivity contribution in [3.8, 4) is 45.2 Å². The number of hydrogen-bond donors (Lipinski definition) is 0. The molecule has 3 aromatic heterocycles. The van der Waals surface area contributed by atoms with E-state index in [9.17, 15) is 0 Å². The molecule has 0 fully saturated rings. The molecule has 3 heterocycles. The molecular weight excluding hydrogens is 615 g/mol. The number of rotatable bonds is 4. The quantitative estimate of drug-likeness (QED) is 0.180. The minimum absolute atomic E-state index is 0.695. The summed E-state index contributed by atoms with van der Waals surface area (Å²) in [6, 6.07) is 57.6. The van der Waals surface area contributed by atoms with Crippen LogP contribution in [0.1, 0.15) is 0 Å². The molecule has 10 rings (SSSR count). The third-order valence-corrected chi connectivity index (χ3v) is 10.7. The fourth-order valence-corrected chi connectivity index (χ4v) is 8.36. The van der Waals surface area contributed by atoms with E-state index in [2.05, 4.69) is 152 Å². The van der Waals surface area contributed by atoms with Gasteiger partial charge in [0.1, 0.15) is 0 Å². The summed E-state index contributed by atoms with van der Waals surface area (Å²) in [4.78, 5) is 15.7. The Kier molecular flexibility index (Phi) is 6.36. The number of thiophene rings is 1. The van der Waals surface area contributed by atoms with Gasteiger partial charge in [-0.3, -0.25) is 0 Å². The third-order valence-electron chi connectivity index (χ3n) is 9.45. The van der Waals surface area contributed by atoms with Gasteiger partial charge in [-0.25, -0.2) is 15.0 Å². The highest BCUT2D eigenvalue weighted by atomic mass is 32.1. The second-order valence-corrected chi connectivity index (χ2v) is 13.4. The molecule has 10 aromatic rings. The van der Waals surface area contributed by atoms with E-state index in [1.54, 1.807) is 0 Å². The molecule has 4 heteroatoms. The number of nitrogens with zero attached hydrogens (tertiary/aromatic N) is 3. The summed E-state index contributed by atoms with van der Waals surface area (Å²) in [6.07, 6.45) is 0. The maximum atomic E-state index is 5.48. The van der Waals surface area contributed by atoms with Gasteiger partial charge in [0.25, 0.3) is 0 Å². The molecule has 0 amide bonds. The first-order chi connectivity index (χ1) is 24.3. The minimum Gasteiger partial charge on any atom is -0.247 e. The van der Waals surface area contributed by atoms with Gasteiger partial charge in [0.2, 0.25) is 0 Å². The van der Waals surface area contributed by atoms with E-state index in [0.29, 0.717) is 5.82 Å². The first-order valence-corrected chi connectivity index (χ1v) is 17.3. The Morgan fingerprint density at radius 2 is 1.02 bits per heavy atom. The highest BCUT2D eigenvalue weighted by Gasteiger charge is 2.20. The molecule has 0 unspecified atom stereocenters. The smallest absolute Gasteiger partial charge is 0.160 e. The maximum absolute atomic E-state index is 5.48. The number of benzene rings is 7. The zero-order chi connectivity index (χ0) is 32.3. The van der Waals surface area contributed by atoms with Gasteiger partial charge in [-0.1, -0.05) is 127 Å². The standard InChI is InChI=1S/C45H27N3S/c1-3-13-28(14-4-1)39-27-40(29-15-5-2-6-16-29)48-45(47-39)31-23-24-38-37(26-31)44-42(35-21-11-12-22-41(35)49-44)43(46-38)36-25-30-17-7-8-18-32(30)33-19-9-10-20-34(33)36/h1-27H. The van der Waals surface area contributed by atoms with Crippen molar-refractivity contribution in [3.05, 3.63) is 164 Å². The second kappa shape index (κ2) is 11.2. The lowest BCUT2D eigenvalue weighted by Crippen LogP contribution is -1.96. The highest BCUT2D eigenvalue weighted by molar-refractivity contribution is 7.26. The lowest BCUT2D eigenvalue weighted by molar-refractivity contribution is 1.18. The predicted molar refractivity (Wildman–Crippen MR) is 207 cm³/mol. The molecule has 49 heavy (non-hydrogen) atoms. The van der Waals surface area contributed by atoms with Crippen molar-refractivity contribution in [2.45, 2.75) is 0 Å². The fraction of sp³-hybridized carbons (Fsp3) is 0. The lowest BCUT2D eigenvalue weighted by atomic mass is 9.93. The summed E-state index contributed by atoms with van der Waals surface area (Å²) in [5.41, 5.74) is 8.00. The van der Waals surface area contributed by atoms with E-state index in [0.717, 1.165) is 50.2 Å². The van der Waals surface area contributed by atoms with E-state index in [1.165, 1.54) is 41.7 Å². The van der Waals surface area contributed by atoms with Crippen molar-refractivity contribution in [2.75, 3.05) is 0 Å². The molecule has 0 saturated carbocycles. The first kappa shape index (κ1) is 27.8. The first-order valence-electron chi connectivity index (χ1n) is 16.4. The highest BCUT2D eigenvalue weighted by Crippen LogP contribution is 2.45. The topological polar surface area (TPSA) is 38.7 Å². The SMILES string of the molecule is c1ccc(-c2cc(-c3ccccc3)nc(-c3ccc4nc(-c5cc6ccccc6c6ccccc56)c5c6ccccc6sc5c4c3)n2)cc1. The van der Waals surface area contributed by atoms with E-state index >= 15 is 0 Å². The summed E-state index contributed by atoms with van der Waals surface area (Å²) in [5, 5.41) is 8.44. The molecule has 228 valence electrons. The average Bonchev–Trinajstić information content (AvgIpc) is 3.58. The predicted octanol–water partition coefficient (Wildman–Crippen LogP) is 12.4. The molecule has 7 aromatic carbocycles. The number of pyridine rings is 1. The molecule has 0 aliphatic rings. The van der Waals surface area contributed by atoms with Crippen LogP contribution in [-0.2, 0) is 0 Å². The Labute approximate surface area is 286 Å². The molecule has 0 aliphatic heterocycles. The monoisotopic (exact) mass is 641 g/mol. The van der Waals surface area contributed by atoms with E-state index in [4.69, 9.17) is 15.0 Å². The van der Waals surface area contributed by atoms with Gasteiger partial charge in [0, 0.05) is 47.8 Å². The van der Waals surface area contributed by atoms with Crippen LogP contribution in [0.4, 0.5) is 0 Å². The Hall–Kier alpha value is -6.23. The summed E-state index contributed by atoms with van der Waals surface area (Å²) >= 11 is 1.83. The maximum Gasteiger partial charge on any atom is 0.160 e. The van der Waals surface area contributed by atoms with Crippen LogP contribution in [-0.4, -0.2) is 15.0 Å². The van der Waals surface area contributed by atoms with Gasteiger partial charge in [0.15, 0.2) is 5.82 Å². The minimum atomic E-state index is 0.695. The number of aromatic nitrogens is 3. The Balaban J connectivity index is 1.25. The zero-order valence-electron chi connectivity index (χ0n) is 26.3. The number of fused-ring (bicyclic) bond motifs is 8. The molecule has 0 bridgehead atoms. The fourth-order valence-electron chi connectivity index (χ4n) is 7.14. The summed E-state index contributed by atoms with van der Waals surface area (Å²) in [6.45, 7) is 0. The van der Waals surface area contributed by atoms with Gasteiger partial charge >= 0.3 is 0 Å². The summed E-state index contributed by atoms with van der Waals surface area (Å²) in [5.74, 6) is 0.695.